The van der Waals surface area contributed by atoms with Crippen molar-refractivity contribution in [3.8, 4) is 0 Å². The van der Waals surface area contributed by atoms with E-state index in [9.17, 15) is 4.79 Å². The van der Waals surface area contributed by atoms with E-state index < -0.39 is 0 Å². The van der Waals surface area contributed by atoms with Crippen LogP contribution in [0.25, 0.3) is 10.9 Å². The summed E-state index contributed by atoms with van der Waals surface area (Å²) in [5.74, 6) is 0.0548. The number of fused-ring (bicyclic) bond motifs is 1. The first-order valence-corrected chi connectivity index (χ1v) is 8.52. The van der Waals surface area contributed by atoms with E-state index in [0.717, 1.165) is 36.7 Å². The third-order valence-electron chi connectivity index (χ3n) is 4.77. The van der Waals surface area contributed by atoms with Crippen molar-refractivity contribution in [1.82, 2.24) is 9.88 Å². The molecule has 1 aromatic heterocycles. The summed E-state index contributed by atoms with van der Waals surface area (Å²) in [6, 6.07) is 22.4. The second kappa shape index (κ2) is 6.44. The van der Waals surface area contributed by atoms with E-state index in [0.29, 0.717) is 5.69 Å². The number of pyridine rings is 1. The van der Waals surface area contributed by atoms with Gasteiger partial charge in [-0.1, -0.05) is 54.6 Å². The highest BCUT2D eigenvalue weighted by atomic mass is 16.2. The molecule has 24 heavy (non-hydrogen) atoms. The van der Waals surface area contributed by atoms with Crippen LogP contribution in [0.5, 0.6) is 0 Å². The molecule has 0 saturated carbocycles. The fourth-order valence-electron chi connectivity index (χ4n) is 3.53. The summed E-state index contributed by atoms with van der Waals surface area (Å²) in [5, 5.41) is 1.07. The fraction of sp³-hybridized carbons (Fsp3) is 0.238. The number of hydrogen-bond donors (Lipinski definition) is 0. The van der Waals surface area contributed by atoms with E-state index in [1.54, 1.807) is 0 Å². The molecular formula is C21H20N2O. The summed E-state index contributed by atoms with van der Waals surface area (Å²) in [5.41, 5.74) is 2.71. The molecule has 1 saturated heterocycles. The van der Waals surface area contributed by atoms with Gasteiger partial charge in [-0.05, 0) is 37.0 Å². The number of aromatic nitrogens is 1. The molecule has 1 aliphatic heterocycles. The molecular weight excluding hydrogens is 296 g/mol. The lowest BCUT2D eigenvalue weighted by Crippen LogP contribution is -2.37. The van der Waals surface area contributed by atoms with Gasteiger partial charge in [0.15, 0.2) is 0 Å². The van der Waals surface area contributed by atoms with Crippen LogP contribution >= 0.6 is 0 Å². The smallest absolute Gasteiger partial charge is 0.272 e. The van der Waals surface area contributed by atoms with E-state index in [4.69, 9.17) is 0 Å². The van der Waals surface area contributed by atoms with Crippen molar-refractivity contribution in [2.45, 2.75) is 25.3 Å². The third kappa shape index (κ3) is 2.90. The van der Waals surface area contributed by atoms with Gasteiger partial charge < -0.3 is 4.90 Å². The van der Waals surface area contributed by atoms with Crippen molar-refractivity contribution in [3.63, 3.8) is 0 Å². The van der Waals surface area contributed by atoms with Crippen molar-refractivity contribution in [2.24, 2.45) is 0 Å². The summed E-state index contributed by atoms with van der Waals surface area (Å²) in [4.78, 5) is 19.5. The standard InChI is InChI=1S/C21H20N2O/c24-21(20-13-12-17-9-4-5-11-19(17)22-20)23-14-6-10-18(23)15-16-7-2-1-3-8-16/h1-5,7-9,11-13,18H,6,10,14-15H2. The van der Waals surface area contributed by atoms with Gasteiger partial charge in [-0.2, -0.15) is 0 Å². The molecule has 0 bridgehead atoms. The van der Waals surface area contributed by atoms with E-state index in [-0.39, 0.29) is 11.9 Å². The molecule has 3 aromatic rings. The first-order valence-electron chi connectivity index (χ1n) is 8.52. The van der Waals surface area contributed by atoms with E-state index in [2.05, 4.69) is 29.2 Å². The van der Waals surface area contributed by atoms with Gasteiger partial charge in [0, 0.05) is 18.0 Å². The molecule has 1 atom stereocenters. The van der Waals surface area contributed by atoms with Gasteiger partial charge in [0.2, 0.25) is 0 Å². The molecule has 1 aliphatic rings. The Morgan fingerprint density at radius 2 is 1.79 bits per heavy atom. The SMILES string of the molecule is O=C(c1ccc2ccccc2n1)N1CCCC1Cc1ccccc1. The van der Waals surface area contributed by atoms with E-state index >= 15 is 0 Å². The van der Waals surface area contributed by atoms with Crippen LogP contribution in [0, 0.1) is 0 Å². The number of amides is 1. The summed E-state index contributed by atoms with van der Waals surface area (Å²) in [6.07, 6.45) is 3.05. The molecule has 120 valence electrons. The van der Waals surface area contributed by atoms with Crippen LogP contribution in [0.2, 0.25) is 0 Å². The van der Waals surface area contributed by atoms with Crippen molar-refractivity contribution < 1.29 is 4.79 Å². The molecule has 2 heterocycles. The molecule has 0 N–H and O–H groups in total. The van der Waals surface area contributed by atoms with Crippen molar-refractivity contribution in [3.05, 3.63) is 78.0 Å². The topological polar surface area (TPSA) is 33.2 Å². The van der Waals surface area contributed by atoms with Crippen LogP contribution in [-0.2, 0) is 6.42 Å². The van der Waals surface area contributed by atoms with Gasteiger partial charge in [0.1, 0.15) is 5.69 Å². The number of carbonyl (C=O) groups excluding carboxylic acids is 1. The maximum atomic E-state index is 13.0. The van der Waals surface area contributed by atoms with Crippen LogP contribution in [0.3, 0.4) is 0 Å². The zero-order valence-corrected chi connectivity index (χ0v) is 13.6. The zero-order chi connectivity index (χ0) is 16.4. The number of nitrogens with zero attached hydrogens (tertiary/aromatic N) is 2. The molecule has 1 amide bonds. The number of hydrogen-bond acceptors (Lipinski definition) is 2. The largest absolute Gasteiger partial charge is 0.334 e. The fourth-order valence-corrected chi connectivity index (χ4v) is 3.53. The highest BCUT2D eigenvalue weighted by Crippen LogP contribution is 2.23. The van der Waals surface area contributed by atoms with Gasteiger partial charge in [-0.25, -0.2) is 4.98 Å². The maximum absolute atomic E-state index is 13.0. The molecule has 0 radical (unpaired) electrons. The molecule has 4 rings (SSSR count). The van der Waals surface area contributed by atoms with Crippen LogP contribution in [0.15, 0.2) is 66.7 Å². The summed E-state index contributed by atoms with van der Waals surface area (Å²) in [6.45, 7) is 0.824. The molecule has 0 spiro atoms. The Hall–Kier alpha value is -2.68. The first-order chi connectivity index (χ1) is 11.8. The minimum Gasteiger partial charge on any atom is -0.334 e. The molecule has 3 heteroatoms. The van der Waals surface area contributed by atoms with Crippen LogP contribution in [-0.4, -0.2) is 28.4 Å². The number of likely N-dealkylation sites (tertiary alicyclic amines) is 1. The molecule has 1 fully saturated rings. The van der Waals surface area contributed by atoms with Crippen molar-refractivity contribution in [1.29, 1.82) is 0 Å². The normalized spacial score (nSPS) is 17.3. The van der Waals surface area contributed by atoms with Crippen LogP contribution < -0.4 is 0 Å². The van der Waals surface area contributed by atoms with Crippen LogP contribution in [0.1, 0.15) is 28.9 Å². The number of benzene rings is 2. The second-order valence-corrected chi connectivity index (χ2v) is 6.37. The quantitative estimate of drug-likeness (QED) is 0.729. The molecule has 1 unspecified atom stereocenters. The Balaban J connectivity index is 1.57. The summed E-state index contributed by atoms with van der Waals surface area (Å²) in [7, 11) is 0. The Kier molecular flexibility index (Phi) is 3.99. The van der Waals surface area contributed by atoms with E-state index in [1.165, 1.54) is 5.56 Å². The second-order valence-electron chi connectivity index (χ2n) is 6.37. The van der Waals surface area contributed by atoms with Gasteiger partial charge in [-0.15, -0.1) is 0 Å². The average Bonchev–Trinajstić information content (AvgIpc) is 3.09. The lowest BCUT2D eigenvalue weighted by atomic mass is 10.0. The van der Waals surface area contributed by atoms with Gasteiger partial charge in [-0.3, -0.25) is 4.79 Å². The molecule has 2 aromatic carbocycles. The van der Waals surface area contributed by atoms with E-state index in [1.807, 2.05) is 47.4 Å². The maximum Gasteiger partial charge on any atom is 0.272 e. The first kappa shape index (κ1) is 14.9. The minimum atomic E-state index is 0.0548. The summed E-state index contributed by atoms with van der Waals surface area (Å²) < 4.78 is 0. The Morgan fingerprint density at radius 3 is 2.67 bits per heavy atom. The highest BCUT2D eigenvalue weighted by molar-refractivity contribution is 5.95. The lowest BCUT2D eigenvalue weighted by Gasteiger charge is -2.24. The Morgan fingerprint density at radius 1 is 1.00 bits per heavy atom. The van der Waals surface area contributed by atoms with Crippen molar-refractivity contribution in [2.75, 3.05) is 6.54 Å². The third-order valence-corrected chi connectivity index (χ3v) is 4.77. The highest BCUT2D eigenvalue weighted by Gasteiger charge is 2.30. The minimum absolute atomic E-state index is 0.0548. The van der Waals surface area contributed by atoms with Gasteiger partial charge >= 0.3 is 0 Å². The molecule has 0 aliphatic carbocycles. The Bertz CT molecular complexity index is 860. The predicted molar refractivity (Wildman–Crippen MR) is 95.9 cm³/mol. The number of para-hydroxylation sites is 1. The number of rotatable bonds is 3. The van der Waals surface area contributed by atoms with Gasteiger partial charge in [0.05, 0.1) is 5.52 Å². The Labute approximate surface area is 141 Å². The lowest BCUT2D eigenvalue weighted by molar-refractivity contribution is 0.0731. The van der Waals surface area contributed by atoms with Crippen molar-refractivity contribution >= 4 is 16.8 Å². The monoisotopic (exact) mass is 316 g/mol. The molecule has 3 nitrogen and oxygen atoms in total. The predicted octanol–water partition coefficient (Wildman–Crippen LogP) is 4.08. The van der Waals surface area contributed by atoms with Crippen LogP contribution in [0.4, 0.5) is 0 Å². The zero-order valence-electron chi connectivity index (χ0n) is 13.6. The number of carbonyl (C=O) groups is 1. The van der Waals surface area contributed by atoms with Gasteiger partial charge in [0.25, 0.3) is 5.91 Å². The summed E-state index contributed by atoms with van der Waals surface area (Å²) >= 11 is 0. The average molecular weight is 316 g/mol.